The van der Waals surface area contributed by atoms with Crippen LogP contribution in [0.2, 0.25) is 0 Å². The molecule has 6 nitrogen and oxygen atoms in total. The Morgan fingerprint density at radius 3 is 2.67 bits per heavy atom. The highest BCUT2D eigenvalue weighted by Crippen LogP contribution is 2.24. The average molecular weight is 293 g/mol. The van der Waals surface area contributed by atoms with Gasteiger partial charge in [0.15, 0.2) is 0 Å². The fourth-order valence-electron chi connectivity index (χ4n) is 2.71. The Bertz CT molecular complexity index is 465. The number of carbonyl (C=O) groups is 2. The molecule has 2 rings (SSSR count). The van der Waals surface area contributed by atoms with Crippen molar-refractivity contribution in [2.75, 3.05) is 0 Å². The van der Waals surface area contributed by atoms with E-state index in [0.29, 0.717) is 6.54 Å². The second kappa shape index (κ2) is 7.26. The van der Waals surface area contributed by atoms with Crippen molar-refractivity contribution < 1.29 is 14.0 Å². The fraction of sp³-hybridized carbons (Fsp3) is 0.600. The van der Waals surface area contributed by atoms with Crippen molar-refractivity contribution in [3.05, 3.63) is 24.2 Å². The number of hydrogen-bond acceptors (Lipinski definition) is 4. The zero-order valence-corrected chi connectivity index (χ0v) is 12.3. The second-order valence-corrected chi connectivity index (χ2v) is 5.64. The zero-order valence-electron chi connectivity index (χ0n) is 12.3. The van der Waals surface area contributed by atoms with E-state index < -0.39 is 0 Å². The van der Waals surface area contributed by atoms with E-state index in [-0.39, 0.29) is 29.8 Å². The molecular weight excluding hydrogens is 270 g/mol. The summed E-state index contributed by atoms with van der Waals surface area (Å²) in [6.07, 6.45) is 4.94. The Balaban J connectivity index is 1.70. The van der Waals surface area contributed by atoms with Crippen LogP contribution in [0, 0.1) is 5.92 Å². The van der Waals surface area contributed by atoms with Crippen molar-refractivity contribution in [3.8, 4) is 0 Å². The van der Waals surface area contributed by atoms with Crippen LogP contribution in [0.3, 0.4) is 0 Å². The van der Waals surface area contributed by atoms with Crippen molar-refractivity contribution in [2.45, 2.75) is 51.2 Å². The Kier molecular flexibility index (Phi) is 5.38. The standard InChI is InChI=1S/C15H23N3O3/c1-10(15(20)17-9-13-3-2-8-21-13)18-12-6-4-11(5-7-12)14(16)19/h2-3,8,10-12,18H,4-7,9H2,1H3,(H2,16,19)(H,17,20). The van der Waals surface area contributed by atoms with Crippen molar-refractivity contribution in [2.24, 2.45) is 11.7 Å². The molecule has 1 heterocycles. The first kappa shape index (κ1) is 15.6. The van der Waals surface area contributed by atoms with Gasteiger partial charge in [0.25, 0.3) is 0 Å². The van der Waals surface area contributed by atoms with Crippen molar-refractivity contribution >= 4 is 11.8 Å². The van der Waals surface area contributed by atoms with Crippen molar-refractivity contribution in [3.63, 3.8) is 0 Å². The maximum atomic E-state index is 12.0. The van der Waals surface area contributed by atoms with E-state index in [0.717, 1.165) is 31.4 Å². The molecule has 0 saturated heterocycles. The van der Waals surface area contributed by atoms with Crippen LogP contribution in [-0.2, 0) is 16.1 Å². The monoisotopic (exact) mass is 293 g/mol. The number of hydrogen-bond donors (Lipinski definition) is 3. The molecule has 21 heavy (non-hydrogen) atoms. The van der Waals surface area contributed by atoms with E-state index in [1.807, 2.05) is 13.0 Å². The number of furan rings is 1. The maximum Gasteiger partial charge on any atom is 0.237 e. The summed E-state index contributed by atoms with van der Waals surface area (Å²) in [6, 6.07) is 3.61. The third kappa shape index (κ3) is 4.60. The third-order valence-electron chi connectivity index (χ3n) is 4.03. The Morgan fingerprint density at radius 1 is 1.38 bits per heavy atom. The topological polar surface area (TPSA) is 97.4 Å². The summed E-state index contributed by atoms with van der Waals surface area (Å²) in [4.78, 5) is 23.1. The molecular formula is C15H23N3O3. The SMILES string of the molecule is CC(NC1CCC(C(N)=O)CC1)C(=O)NCc1ccco1. The summed E-state index contributed by atoms with van der Waals surface area (Å²) >= 11 is 0. The summed E-state index contributed by atoms with van der Waals surface area (Å²) in [5, 5.41) is 6.15. The molecule has 1 fully saturated rings. The molecule has 1 aromatic rings. The molecule has 0 bridgehead atoms. The van der Waals surface area contributed by atoms with Gasteiger partial charge in [0, 0.05) is 12.0 Å². The van der Waals surface area contributed by atoms with E-state index >= 15 is 0 Å². The van der Waals surface area contributed by atoms with Crippen LogP contribution >= 0.6 is 0 Å². The number of carbonyl (C=O) groups excluding carboxylic acids is 2. The quantitative estimate of drug-likeness (QED) is 0.726. The molecule has 2 amide bonds. The van der Waals surface area contributed by atoms with Gasteiger partial charge in [-0.2, -0.15) is 0 Å². The predicted octanol–water partition coefficient (Wildman–Crippen LogP) is 0.918. The maximum absolute atomic E-state index is 12.0. The van der Waals surface area contributed by atoms with Crippen molar-refractivity contribution in [1.82, 2.24) is 10.6 Å². The van der Waals surface area contributed by atoms with Gasteiger partial charge in [0.2, 0.25) is 11.8 Å². The van der Waals surface area contributed by atoms with E-state index in [4.69, 9.17) is 10.2 Å². The summed E-state index contributed by atoms with van der Waals surface area (Å²) < 4.78 is 5.17. The molecule has 1 aliphatic carbocycles. The first-order valence-corrected chi connectivity index (χ1v) is 7.41. The second-order valence-electron chi connectivity index (χ2n) is 5.64. The summed E-state index contributed by atoms with van der Waals surface area (Å²) in [6.45, 7) is 2.24. The molecule has 1 atom stereocenters. The van der Waals surface area contributed by atoms with Crippen LogP contribution in [0.4, 0.5) is 0 Å². The van der Waals surface area contributed by atoms with Crippen LogP contribution in [0.15, 0.2) is 22.8 Å². The molecule has 1 unspecified atom stereocenters. The lowest BCUT2D eigenvalue weighted by atomic mass is 9.85. The third-order valence-corrected chi connectivity index (χ3v) is 4.03. The van der Waals surface area contributed by atoms with Gasteiger partial charge in [-0.15, -0.1) is 0 Å². The minimum Gasteiger partial charge on any atom is -0.467 e. The largest absolute Gasteiger partial charge is 0.467 e. The summed E-state index contributed by atoms with van der Waals surface area (Å²) in [5.41, 5.74) is 5.32. The predicted molar refractivity (Wildman–Crippen MR) is 78.1 cm³/mol. The Labute approximate surface area is 124 Å². The summed E-state index contributed by atoms with van der Waals surface area (Å²) in [5.74, 6) is 0.463. The molecule has 1 saturated carbocycles. The zero-order chi connectivity index (χ0) is 15.2. The first-order chi connectivity index (χ1) is 10.1. The number of rotatable bonds is 6. The highest BCUT2D eigenvalue weighted by Gasteiger charge is 2.26. The normalized spacial score (nSPS) is 23.5. The van der Waals surface area contributed by atoms with Gasteiger partial charge in [0.05, 0.1) is 18.8 Å². The first-order valence-electron chi connectivity index (χ1n) is 7.41. The Morgan fingerprint density at radius 2 is 2.10 bits per heavy atom. The van der Waals surface area contributed by atoms with Crippen LogP contribution in [0.25, 0.3) is 0 Å². The average Bonchev–Trinajstić information content (AvgIpc) is 2.98. The van der Waals surface area contributed by atoms with Crippen LogP contribution in [0.1, 0.15) is 38.4 Å². The minimum atomic E-state index is -0.268. The number of nitrogens with one attached hydrogen (secondary N) is 2. The van der Waals surface area contributed by atoms with E-state index in [9.17, 15) is 9.59 Å². The van der Waals surface area contributed by atoms with Crippen LogP contribution < -0.4 is 16.4 Å². The smallest absolute Gasteiger partial charge is 0.237 e. The number of amides is 2. The van der Waals surface area contributed by atoms with Gasteiger partial charge in [0.1, 0.15) is 5.76 Å². The lowest BCUT2D eigenvalue weighted by Crippen LogP contribution is -2.48. The minimum absolute atomic E-state index is 0.00821. The van der Waals surface area contributed by atoms with Gasteiger partial charge in [-0.3, -0.25) is 9.59 Å². The Hall–Kier alpha value is -1.82. The van der Waals surface area contributed by atoms with Gasteiger partial charge in [-0.05, 0) is 44.7 Å². The van der Waals surface area contributed by atoms with E-state index in [1.165, 1.54) is 0 Å². The lowest BCUT2D eigenvalue weighted by Gasteiger charge is -2.29. The molecule has 0 spiro atoms. The molecule has 1 aliphatic rings. The van der Waals surface area contributed by atoms with Crippen molar-refractivity contribution in [1.29, 1.82) is 0 Å². The molecule has 0 radical (unpaired) electrons. The van der Waals surface area contributed by atoms with E-state index in [1.54, 1.807) is 12.3 Å². The lowest BCUT2D eigenvalue weighted by molar-refractivity contribution is -0.124. The highest BCUT2D eigenvalue weighted by atomic mass is 16.3. The molecule has 116 valence electrons. The molecule has 4 N–H and O–H groups in total. The highest BCUT2D eigenvalue weighted by molar-refractivity contribution is 5.81. The van der Waals surface area contributed by atoms with Gasteiger partial charge in [-0.1, -0.05) is 0 Å². The fourth-order valence-corrected chi connectivity index (χ4v) is 2.71. The molecule has 1 aromatic heterocycles. The molecule has 0 aromatic carbocycles. The van der Waals surface area contributed by atoms with Gasteiger partial charge < -0.3 is 20.8 Å². The summed E-state index contributed by atoms with van der Waals surface area (Å²) in [7, 11) is 0. The van der Waals surface area contributed by atoms with Gasteiger partial charge in [-0.25, -0.2) is 0 Å². The van der Waals surface area contributed by atoms with Crippen LogP contribution in [0.5, 0.6) is 0 Å². The number of nitrogens with two attached hydrogens (primary N) is 1. The molecule has 6 heteroatoms. The number of primary amides is 1. The van der Waals surface area contributed by atoms with Gasteiger partial charge >= 0.3 is 0 Å². The van der Waals surface area contributed by atoms with Crippen LogP contribution in [-0.4, -0.2) is 23.9 Å². The van der Waals surface area contributed by atoms with E-state index in [2.05, 4.69) is 10.6 Å². The molecule has 0 aliphatic heterocycles.